The van der Waals surface area contributed by atoms with Gasteiger partial charge in [-0.2, -0.15) is 23.3 Å². The summed E-state index contributed by atoms with van der Waals surface area (Å²) in [6.45, 7) is 8.43. The SMILES string of the molecule is CC1(C)CC(Nc2nc(Nc3cccc(-n4ccc(C(F)(F)F)n4)c3)ncc2F)CC(C)(C)N1. The Morgan fingerprint density at radius 1 is 1.09 bits per heavy atom. The third kappa shape index (κ3) is 5.64. The van der Waals surface area contributed by atoms with E-state index < -0.39 is 17.7 Å². The van der Waals surface area contributed by atoms with Gasteiger partial charge in [0, 0.05) is 29.0 Å². The fourth-order valence-electron chi connectivity index (χ4n) is 4.62. The maximum atomic E-state index is 14.5. The number of alkyl halides is 3. The summed E-state index contributed by atoms with van der Waals surface area (Å²) >= 11 is 0. The molecule has 1 aliphatic rings. The number of aromatic nitrogens is 4. The van der Waals surface area contributed by atoms with Gasteiger partial charge in [0.05, 0.1) is 11.9 Å². The molecule has 0 aliphatic carbocycles. The van der Waals surface area contributed by atoms with Crippen LogP contribution in [0.2, 0.25) is 0 Å². The Morgan fingerprint density at radius 3 is 2.44 bits per heavy atom. The van der Waals surface area contributed by atoms with E-state index in [-0.39, 0.29) is 28.9 Å². The number of hydrogen-bond acceptors (Lipinski definition) is 6. The molecule has 1 saturated heterocycles. The topological polar surface area (TPSA) is 79.7 Å². The quantitative estimate of drug-likeness (QED) is 0.434. The van der Waals surface area contributed by atoms with Gasteiger partial charge in [-0.1, -0.05) is 6.07 Å². The molecular weight excluding hydrogens is 450 g/mol. The number of halogens is 4. The van der Waals surface area contributed by atoms with Crippen LogP contribution in [-0.2, 0) is 6.18 Å². The highest BCUT2D eigenvalue weighted by atomic mass is 19.4. The highest BCUT2D eigenvalue weighted by Gasteiger charge is 2.38. The summed E-state index contributed by atoms with van der Waals surface area (Å²) in [6.07, 6.45) is -0.628. The van der Waals surface area contributed by atoms with Gasteiger partial charge in [0.2, 0.25) is 5.95 Å². The number of anilines is 3. The Kier molecular flexibility index (Phi) is 6.01. The van der Waals surface area contributed by atoms with E-state index >= 15 is 0 Å². The summed E-state index contributed by atoms with van der Waals surface area (Å²) in [5.41, 5.74) is -0.289. The third-order valence-corrected chi connectivity index (χ3v) is 5.52. The Morgan fingerprint density at radius 2 is 1.79 bits per heavy atom. The van der Waals surface area contributed by atoms with E-state index in [1.165, 1.54) is 6.20 Å². The number of piperidine rings is 1. The van der Waals surface area contributed by atoms with Crippen molar-refractivity contribution in [3.8, 4) is 5.69 Å². The molecule has 3 N–H and O–H groups in total. The van der Waals surface area contributed by atoms with Crippen molar-refractivity contribution in [2.75, 3.05) is 10.6 Å². The lowest BCUT2D eigenvalue weighted by molar-refractivity contribution is -0.141. The molecule has 2 aromatic heterocycles. The second kappa shape index (κ2) is 8.53. The summed E-state index contributed by atoms with van der Waals surface area (Å²) in [5.74, 6) is -0.316. The van der Waals surface area contributed by atoms with Crippen LogP contribution in [0.5, 0.6) is 0 Å². The molecule has 1 aliphatic heterocycles. The first-order valence-corrected chi connectivity index (χ1v) is 10.9. The average Bonchev–Trinajstić information content (AvgIpc) is 3.19. The van der Waals surface area contributed by atoms with Gasteiger partial charge in [0.1, 0.15) is 0 Å². The fraction of sp³-hybridized carbons (Fsp3) is 0.435. The molecule has 1 aromatic carbocycles. The van der Waals surface area contributed by atoms with Crippen LogP contribution in [0.3, 0.4) is 0 Å². The van der Waals surface area contributed by atoms with Crippen LogP contribution < -0.4 is 16.0 Å². The molecule has 3 aromatic rings. The van der Waals surface area contributed by atoms with E-state index in [2.05, 4.69) is 58.7 Å². The number of nitrogens with zero attached hydrogens (tertiary/aromatic N) is 4. The Hall–Kier alpha value is -3.21. The first kappa shape index (κ1) is 23.9. The largest absolute Gasteiger partial charge is 0.435 e. The summed E-state index contributed by atoms with van der Waals surface area (Å²) in [5, 5.41) is 13.4. The lowest BCUT2D eigenvalue weighted by Gasteiger charge is -2.46. The molecule has 0 unspecified atom stereocenters. The molecule has 0 saturated carbocycles. The van der Waals surface area contributed by atoms with Gasteiger partial charge in [-0.05, 0) is 64.8 Å². The van der Waals surface area contributed by atoms with Crippen LogP contribution in [0.25, 0.3) is 5.69 Å². The predicted octanol–water partition coefficient (Wildman–Crippen LogP) is 5.28. The van der Waals surface area contributed by atoms with Crippen molar-refractivity contribution in [1.82, 2.24) is 25.1 Å². The minimum Gasteiger partial charge on any atom is -0.365 e. The molecule has 34 heavy (non-hydrogen) atoms. The number of nitrogens with one attached hydrogen (secondary N) is 3. The van der Waals surface area contributed by atoms with Crippen LogP contribution in [0.15, 0.2) is 42.7 Å². The van der Waals surface area contributed by atoms with Gasteiger partial charge < -0.3 is 16.0 Å². The second-order valence-electron chi connectivity index (χ2n) is 9.85. The smallest absolute Gasteiger partial charge is 0.365 e. The monoisotopic (exact) mass is 477 g/mol. The maximum absolute atomic E-state index is 14.5. The molecule has 182 valence electrons. The summed E-state index contributed by atoms with van der Waals surface area (Å²) in [6, 6.07) is 7.51. The van der Waals surface area contributed by atoms with Crippen molar-refractivity contribution in [3.05, 3.63) is 54.2 Å². The van der Waals surface area contributed by atoms with Crippen molar-refractivity contribution in [1.29, 1.82) is 0 Å². The van der Waals surface area contributed by atoms with E-state index in [4.69, 9.17) is 0 Å². The first-order chi connectivity index (χ1) is 15.8. The van der Waals surface area contributed by atoms with Crippen LogP contribution in [-0.4, -0.2) is 36.9 Å². The predicted molar refractivity (Wildman–Crippen MR) is 122 cm³/mol. The zero-order valence-electron chi connectivity index (χ0n) is 19.3. The molecule has 0 spiro atoms. The van der Waals surface area contributed by atoms with Crippen molar-refractivity contribution >= 4 is 17.5 Å². The van der Waals surface area contributed by atoms with Gasteiger partial charge >= 0.3 is 6.18 Å². The zero-order valence-corrected chi connectivity index (χ0v) is 19.3. The van der Waals surface area contributed by atoms with Crippen molar-refractivity contribution < 1.29 is 17.6 Å². The number of hydrogen-bond donors (Lipinski definition) is 3. The lowest BCUT2D eigenvalue weighted by Crippen LogP contribution is -2.60. The van der Waals surface area contributed by atoms with E-state index in [1.807, 2.05) is 0 Å². The number of rotatable bonds is 5. The van der Waals surface area contributed by atoms with E-state index in [0.717, 1.165) is 29.8 Å². The van der Waals surface area contributed by atoms with Crippen LogP contribution in [0.4, 0.5) is 35.0 Å². The average molecular weight is 478 g/mol. The molecular formula is C23H27F4N7. The Balaban J connectivity index is 1.52. The molecule has 7 nitrogen and oxygen atoms in total. The van der Waals surface area contributed by atoms with Gasteiger partial charge in [0.25, 0.3) is 0 Å². The molecule has 1 fully saturated rings. The maximum Gasteiger partial charge on any atom is 0.435 e. The first-order valence-electron chi connectivity index (χ1n) is 10.9. The number of benzene rings is 1. The molecule has 3 heterocycles. The van der Waals surface area contributed by atoms with Crippen LogP contribution in [0.1, 0.15) is 46.2 Å². The fourth-order valence-corrected chi connectivity index (χ4v) is 4.62. The lowest BCUT2D eigenvalue weighted by atomic mass is 9.79. The van der Waals surface area contributed by atoms with Crippen molar-refractivity contribution in [2.24, 2.45) is 0 Å². The highest BCUT2D eigenvalue weighted by Crippen LogP contribution is 2.31. The van der Waals surface area contributed by atoms with Gasteiger partial charge in [-0.15, -0.1) is 0 Å². The zero-order chi connectivity index (χ0) is 24.7. The minimum atomic E-state index is -4.52. The van der Waals surface area contributed by atoms with Gasteiger partial charge in [0.15, 0.2) is 17.3 Å². The Bertz CT molecular complexity index is 1150. The van der Waals surface area contributed by atoms with Crippen LogP contribution in [0, 0.1) is 5.82 Å². The summed E-state index contributed by atoms with van der Waals surface area (Å²) < 4.78 is 54.2. The third-order valence-electron chi connectivity index (χ3n) is 5.52. The van der Waals surface area contributed by atoms with E-state index in [0.29, 0.717) is 11.4 Å². The highest BCUT2D eigenvalue weighted by molar-refractivity contribution is 5.58. The van der Waals surface area contributed by atoms with E-state index in [9.17, 15) is 17.6 Å². The molecule has 0 radical (unpaired) electrons. The van der Waals surface area contributed by atoms with Gasteiger partial charge in [-0.25, -0.2) is 14.1 Å². The van der Waals surface area contributed by atoms with Crippen LogP contribution >= 0.6 is 0 Å². The molecule has 0 bridgehead atoms. The molecule has 0 amide bonds. The second-order valence-corrected chi connectivity index (χ2v) is 9.85. The van der Waals surface area contributed by atoms with E-state index in [1.54, 1.807) is 24.3 Å². The molecule has 11 heteroatoms. The molecule has 0 atom stereocenters. The standard InChI is InChI=1S/C23H27F4N7/c1-21(2)11-15(12-22(3,4)33-21)29-19-17(24)13-28-20(31-19)30-14-6-5-7-16(10-14)34-9-8-18(32-34)23(25,26)27/h5-10,13,15,33H,11-12H2,1-4H3,(H2,28,29,30,31). The van der Waals surface area contributed by atoms with Crippen molar-refractivity contribution in [3.63, 3.8) is 0 Å². The summed E-state index contributed by atoms with van der Waals surface area (Å²) in [7, 11) is 0. The molecule has 4 rings (SSSR count). The van der Waals surface area contributed by atoms with Crippen molar-refractivity contribution in [2.45, 2.75) is 63.8 Å². The summed E-state index contributed by atoms with van der Waals surface area (Å²) in [4.78, 5) is 8.30. The minimum absolute atomic E-state index is 0.00877. The normalized spacial score (nSPS) is 18.0. The van der Waals surface area contributed by atoms with Gasteiger partial charge in [-0.3, -0.25) is 0 Å². The Labute approximate surface area is 195 Å².